The summed E-state index contributed by atoms with van der Waals surface area (Å²) in [6.07, 6.45) is 0. The van der Waals surface area contributed by atoms with Crippen LogP contribution in [0.5, 0.6) is 17.4 Å². The molecule has 0 saturated heterocycles. The molecule has 202 valence electrons. The Morgan fingerprint density at radius 1 is 0.974 bits per heavy atom. The Balaban J connectivity index is 1.78. The van der Waals surface area contributed by atoms with Gasteiger partial charge in [-0.05, 0) is 49.4 Å². The van der Waals surface area contributed by atoms with Crippen LogP contribution in [0.3, 0.4) is 0 Å². The molecule has 1 aliphatic heterocycles. The van der Waals surface area contributed by atoms with Gasteiger partial charge in [0.05, 0.1) is 33.1 Å². The van der Waals surface area contributed by atoms with Crippen LogP contribution >= 0.6 is 38.4 Å². The van der Waals surface area contributed by atoms with Crippen molar-refractivity contribution in [3.05, 3.63) is 80.7 Å². The van der Waals surface area contributed by atoms with Gasteiger partial charge >= 0.3 is 15.2 Å². The SMILES string of the molecule is Cc1c(Cl)[nH]c2c1-n1c(C(=O)c3ccc(P(=O)(O)O)cc3O)cc(Cl)c1Oc1cc(P(=O)(O)O)ccc1C2=O. The number of aromatic amines is 1. The van der Waals surface area contributed by atoms with Crippen molar-refractivity contribution < 1.29 is 48.1 Å². The van der Waals surface area contributed by atoms with E-state index in [1.54, 1.807) is 6.92 Å². The van der Waals surface area contributed by atoms with Crippen molar-refractivity contribution in [2.45, 2.75) is 6.92 Å². The number of benzene rings is 2. The van der Waals surface area contributed by atoms with Crippen LogP contribution in [0.2, 0.25) is 10.2 Å². The van der Waals surface area contributed by atoms with Crippen LogP contribution in [0.25, 0.3) is 5.69 Å². The van der Waals surface area contributed by atoms with Crippen molar-refractivity contribution in [1.82, 2.24) is 9.55 Å². The second-order valence-corrected chi connectivity index (χ2v) is 12.5. The first-order chi connectivity index (χ1) is 18.1. The molecular weight excluding hydrogens is 597 g/mol. The van der Waals surface area contributed by atoms with Gasteiger partial charge < -0.3 is 34.4 Å². The third-order valence-electron chi connectivity index (χ3n) is 6.07. The molecule has 0 spiro atoms. The molecule has 39 heavy (non-hydrogen) atoms. The number of fused-ring (bicyclic) bond motifs is 4. The lowest BCUT2D eigenvalue weighted by Crippen LogP contribution is -2.18. The monoisotopic (exact) mass is 612 g/mol. The highest BCUT2D eigenvalue weighted by Crippen LogP contribution is 2.45. The number of nitrogens with one attached hydrogen (secondary N) is 1. The topological polar surface area (TPSA) is 199 Å². The number of nitrogens with zero attached hydrogens (tertiary/aromatic N) is 1. The van der Waals surface area contributed by atoms with Crippen molar-refractivity contribution in [2.24, 2.45) is 0 Å². The Morgan fingerprint density at radius 2 is 1.59 bits per heavy atom. The van der Waals surface area contributed by atoms with E-state index in [4.69, 9.17) is 27.9 Å². The number of phenols is 1. The van der Waals surface area contributed by atoms with Crippen LogP contribution in [-0.2, 0) is 9.13 Å². The Kier molecular flexibility index (Phi) is 6.46. The molecule has 5 rings (SSSR count). The van der Waals surface area contributed by atoms with Gasteiger partial charge in [-0.25, -0.2) is 0 Å². The molecule has 0 aliphatic carbocycles. The predicted octanol–water partition coefficient (Wildman–Crippen LogP) is 3.30. The number of hydrogen-bond acceptors (Lipinski definition) is 6. The van der Waals surface area contributed by atoms with Gasteiger partial charge in [-0.2, -0.15) is 0 Å². The number of halogens is 2. The van der Waals surface area contributed by atoms with E-state index < -0.39 is 43.1 Å². The summed E-state index contributed by atoms with van der Waals surface area (Å²) in [6.45, 7) is 1.56. The van der Waals surface area contributed by atoms with Gasteiger partial charge in [0.2, 0.25) is 17.4 Å². The molecule has 3 heterocycles. The van der Waals surface area contributed by atoms with E-state index in [1.807, 2.05) is 0 Å². The van der Waals surface area contributed by atoms with Gasteiger partial charge in [0.15, 0.2) is 0 Å². The van der Waals surface area contributed by atoms with Gasteiger partial charge in [-0.15, -0.1) is 0 Å². The summed E-state index contributed by atoms with van der Waals surface area (Å²) in [6, 6.07) is 7.19. The predicted molar refractivity (Wildman–Crippen MR) is 140 cm³/mol. The van der Waals surface area contributed by atoms with Gasteiger partial charge in [-0.1, -0.05) is 23.2 Å². The average molecular weight is 613 g/mol. The van der Waals surface area contributed by atoms with Gasteiger partial charge in [0, 0.05) is 5.56 Å². The Bertz CT molecular complexity index is 1830. The molecule has 2 aromatic carbocycles. The van der Waals surface area contributed by atoms with E-state index in [-0.39, 0.29) is 50.0 Å². The molecule has 16 heteroatoms. The fourth-order valence-electron chi connectivity index (χ4n) is 4.18. The summed E-state index contributed by atoms with van der Waals surface area (Å²) < 4.78 is 30.5. The largest absolute Gasteiger partial charge is 0.507 e. The molecule has 0 amide bonds. The summed E-state index contributed by atoms with van der Waals surface area (Å²) >= 11 is 12.8. The van der Waals surface area contributed by atoms with Crippen LogP contribution in [0.15, 0.2) is 42.5 Å². The first kappa shape index (κ1) is 27.4. The van der Waals surface area contributed by atoms with Gasteiger partial charge in [-0.3, -0.25) is 23.3 Å². The average Bonchev–Trinajstić information content (AvgIpc) is 3.31. The summed E-state index contributed by atoms with van der Waals surface area (Å²) in [5.74, 6) is -2.72. The molecule has 12 nitrogen and oxygen atoms in total. The number of aromatic nitrogens is 2. The highest BCUT2D eigenvalue weighted by molar-refractivity contribution is 7.60. The maximum absolute atomic E-state index is 13.6. The Hall–Kier alpha value is -3.18. The van der Waals surface area contributed by atoms with E-state index in [1.165, 1.54) is 16.7 Å². The molecule has 0 radical (unpaired) electrons. The second-order valence-electron chi connectivity index (χ2n) is 8.54. The third-order valence-corrected chi connectivity index (χ3v) is 8.62. The lowest BCUT2D eigenvalue weighted by atomic mass is 10.0. The molecule has 0 atom stereocenters. The molecule has 0 fully saturated rings. The molecule has 4 aromatic rings. The zero-order chi connectivity index (χ0) is 28.6. The van der Waals surface area contributed by atoms with Crippen LogP contribution in [-0.4, -0.2) is 45.8 Å². The van der Waals surface area contributed by atoms with Crippen LogP contribution in [0.4, 0.5) is 0 Å². The highest BCUT2D eigenvalue weighted by Gasteiger charge is 2.35. The maximum atomic E-state index is 13.6. The summed E-state index contributed by atoms with van der Waals surface area (Å²) in [5.41, 5.74) is -0.323. The molecule has 0 saturated carbocycles. The lowest BCUT2D eigenvalue weighted by Gasteiger charge is -2.20. The van der Waals surface area contributed by atoms with Crippen molar-refractivity contribution >= 4 is 60.6 Å². The number of ketones is 2. The standard InChI is InChI=1S/C23H16Cl2N2O10P2/c1-9-19-18(26-22(9)25)21(30)13-5-3-11(39(34,35)36)7-17(13)37-23-14(24)8-15(27(19)23)20(29)12-4-2-10(6-16(12)28)38(31,32)33/h2-8,26,28H,1H3,(H2,31,32,33)(H2,34,35,36). The Labute approximate surface area is 228 Å². The van der Waals surface area contributed by atoms with Crippen molar-refractivity contribution in [3.8, 4) is 23.1 Å². The number of ether oxygens (including phenoxy) is 1. The van der Waals surface area contributed by atoms with Crippen molar-refractivity contribution in [3.63, 3.8) is 0 Å². The number of carbonyl (C=O) groups excluding carboxylic acids is 2. The highest BCUT2D eigenvalue weighted by atomic mass is 35.5. The van der Waals surface area contributed by atoms with E-state index in [9.17, 15) is 43.4 Å². The fraction of sp³-hybridized carbons (Fsp3) is 0.0435. The molecule has 6 N–H and O–H groups in total. The first-order valence-electron chi connectivity index (χ1n) is 10.8. The van der Waals surface area contributed by atoms with Crippen molar-refractivity contribution in [1.29, 1.82) is 0 Å². The number of H-pyrrole nitrogens is 1. The van der Waals surface area contributed by atoms with Gasteiger partial charge in [0.25, 0.3) is 0 Å². The van der Waals surface area contributed by atoms with Crippen molar-refractivity contribution in [2.75, 3.05) is 0 Å². The normalized spacial score (nSPS) is 13.2. The summed E-state index contributed by atoms with van der Waals surface area (Å²) in [4.78, 5) is 67.9. The van der Waals surface area contributed by atoms with Crippen LogP contribution < -0.4 is 15.3 Å². The smallest absolute Gasteiger partial charge is 0.356 e. The number of hydrogen-bond donors (Lipinski definition) is 6. The summed E-state index contributed by atoms with van der Waals surface area (Å²) in [5, 5.41) is 9.40. The van der Waals surface area contributed by atoms with Crippen LogP contribution in [0.1, 0.15) is 37.7 Å². The lowest BCUT2D eigenvalue weighted by molar-refractivity contribution is 0.101. The number of rotatable bonds is 4. The van der Waals surface area contributed by atoms with E-state index >= 15 is 0 Å². The maximum Gasteiger partial charge on any atom is 0.356 e. The van der Waals surface area contributed by atoms with Gasteiger partial charge in [0.1, 0.15) is 27.4 Å². The fourth-order valence-corrected chi connectivity index (χ4v) is 5.70. The second kappa shape index (κ2) is 9.19. The number of carbonyl (C=O) groups is 2. The number of phenolic OH excluding ortho intramolecular Hbond substituents is 1. The van der Waals surface area contributed by atoms with E-state index in [0.717, 1.165) is 30.3 Å². The summed E-state index contributed by atoms with van der Waals surface area (Å²) in [7, 11) is -9.47. The zero-order valence-electron chi connectivity index (χ0n) is 19.4. The molecule has 1 aliphatic rings. The quantitative estimate of drug-likeness (QED) is 0.129. The van der Waals surface area contributed by atoms with E-state index in [2.05, 4.69) is 4.98 Å². The molecule has 2 aromatic heterocycles. The third kappa shape index (κ3) is 4.55. The molecule has 0 unspecified atom stereocenters. The zero-order valence-corrected chi connectivity index (χ0v) is 22.7. The first-order valence-corrected chi connectivity index (χ1v) is 14.7. The van der Waals surface area contributed by atoms with Crippen LogP contribution in [0, 0.1) is 6.92 Å². The minimum atomic E-state index is -4.75. The molecular formula is C23H16Cl2N2O10P2. The molecule has 0 bridgehead atoms. The minimum Gasteiger partial charge on any atom is -0.507 e. The van der Waals surface area contributed by atoms with E-state index in [0.29, 0.717) is 5.56 Å². The number of aromatic hydroxyl groups is 1. The Morgan fingerprint density at radius 3 is 2.21 bits per heavy atom. The minimum absolute atomic E-state index is 0.0478.